The zero-order valence-corrected chi connectivity index (χ0v) is 16.8. The van der Waals surface area contributed by atoms with Crippen LogP contribution in [-0.2, 0) is 28.9 Å². The van der Waals surface area contributed by atoms with Crippen molar-refractivity contribution < 1.29 is 9.53 Å². The summed E-state index contributed by atoms with van der Waals surface area (Å²) >= 11 is 0. The minimum Gasteiger partial charge on any atom is -0.457 e. The fourth-order valence-corrected chi connectivity index (χ4v) is 4.51. The fraction of sp³-hybridized carbons (Fsp3) is 0.154. The highest BCUT2D eigenvalue weighted by molar-refractivity contribution is 6.15. The Labute approximate surface area is 179 Å². The van der Waals surface area contributed by atoms with Crippen LogP contribution in [0.1, 0.15) is 39.6 Å². The molecule has 0 saturated carbocycles. The molecular weight excluding hydrogens is 386 g/mol. The number of aromatic nitrogens is 2. The van der Waals surface area contributed by atoms with Gasteiger partial charge in [-0.2, -0.15) is 0 Å². The summed E-state index contributed by atoms with van der Waals surface area (Å²) in [6, 6.07) is 20.4. The number of carbonyl (C=O) groups is 1. The number of para-hydroxylation sites is 1. The Morgan fingerprint density at radius 2 is 1.84 bits per heavy atom. The molecule has 2 aliphatic rings. The lowest BCUT2D eigenvalue weighted by Gasteiger charge is -2.26. The fourth-order valence-electron chi connectivity index (χ4n) is 4.51. The molecule has 5 heteroatoms. The number of ether oxygens (including phenoxy) is 1. The second-order valence-electron chi connectivity index (χ2n) is 7.96. The van der Waals surface area contributed by atoms with Crippen molar-refractivity contribution in [2.24, 2.45) is 4.99 Å². The first kappa shape index (κ1) is 18.0. The van der Waals surface area contributed by atoms with Gasteiger partial charge >= 0.3 is 5.97 Å². The average molecular weight is 405 g/mol. The average Bonchev–Trinajstić information content (AvgIpc) is 3.21. The van der Waals surface area contributed by atoms with E-state index in [1.165, 1.54) is 0 Å². The van der Waals surface area contributed by atoms with Crippen LogP contribution in [0.4, 0.5) is 0 Å². The number of fused-ring (bicyclic) bond motifs is 3. The quantitative estimate of drug-likeness (QED) is 0.475. The number of hydrogen-bond acceptors (Lipinski definition) is 5. The zero-order valence-electron chi connectivity index (χ0n) is 16.8. The SMILES string of the molecule is O=C1Cc2cc3c(cc2C(Cc2ccc4ccccc4n2)O1)C(c1ccncc1)=NC3. The van der Waals surface area contributed by atoms with Crippen molar-refractivity contribution in [2.45, 2.75) is 25.5 Å². The molecule has 2 aliphatic heterocycles. The molecule has 2 aromatic carbocycles. The van der Waals surface area contributed by atoms with E-state index in [4.69, 9.17) is 14.7 Å². The number of nitrogens with zero attached hydrogens (tertiary/aromatic N) is 3. The van der Waals surface area contributed by atoms with Gasteiger partial charge in [0.2, 0.25) is 0 Å². The smallest absolute Gasteiger partial charge is 0.310 e. The largest absolute Gasteiger partial charge is 0.457 e. The van der Waals surface area contributed by atoms with Crippen LogP contribution in [0.3, 0.4) is 0 Å². The van der Waals surface area contributed by atoms with Crippen LogP contribution >= 0.6 is 0 Å². The number of benzene rings is 2. The Balaban J connectivity index is 1.39. The van der Waals surface area contributed by atoms with Crippen LogP contribution in [0.5, 0.6) is 0 Å². The molecule has 31 heavy (non-hydrogen) atoms. The molecule has 1 atom stereocenters. The van der Waals surface area contributed by atoms with Gasteiger partial charge in [-0.1, -0.05) is 30.3 Å². The molecule has 0 amide bonds. The molecule has 5 nitrogen and oxygen atoms in total. The van der Waals surface area contributed by atoms with Gasteiger partial charge in [-0.3, -0.25) is 19.8 Å². The van der Waals surface area contributed by atoms with Crippen LogP contribution in [0.15, 0.2) is 78.0 Å². The van der Waals surface area contributed by atoms with E-state index in [1.54, 1.807) is 12.4 Å². The maximum atomic E-state index is 12.3. The molecule has 6 rings (SSSR count). The molecule has 4 heterocycles. The summed E-state index contributed by atoms with van der Waals surface area (Å²) in [5.74, 6) is -0.188. The van der Waals surface area contributed by atoms with E-state index in [2.05, 4.69) is 23.2 Å². The second-order valence-corrected chi connectivity index (χ2v) is 7.96. The van der Waals surface area contributed by atoms with Gasteiger partial charge in [0.15, 0.2) is 0 Å². The minimum absolute atomic E-state index is 0.188. The first-order valence-electron chi connectivity index (χ1n) is 10.4. The molecule has 0 saturated heterocycles. The van der Waals surface area contributed by atoms with Crippen LogP contribution in [0.2, 0.25) is 0 Å². The summed E-state index contributed by atoms with van der Waals surface area (Å²) in [6.07, 6.45) is 4.06. The van der Waals surface area contributed by atoms with Crippen molar-refractivity contribution in [3.05, 3.63) is 107 Å². The predicted molar refractivity (Wildman–Crippen MR) is 118 cm³/mol. The number of rotatable bonds is 3. The maximum Gasteiger partial charge on any atom is 0.310 e. The molecule has 0 spiro atoms. The number of aliphatic imine (C=N–C) groups is 1. The minimum atomic E-state index is -0.352. The van der Waals surface area contributed by atoms with Gasteiger partial charge in [0.25, 0.3) is 0 Å². The van der Waals surface area contributed by atoms with Gasteiger partial charge < -0.3 is 4.74 Å². The van der Waals surface area contributed by atoms with Crippen LogP contribution in [0, 0.1) is 0 Å². The number of hydrogen-bond donors (Lipinski definition) is 0. The lowest BCUT2D eigenvalue weighted by molar-refractivity contribution is -0.150. The number of pyridine rings is 2. The van der Waals surface area contributed by atoms with Crippen LogP contribution in [0.25, 0.3) is 10.9 Å². The Bertz CT molecular complexity index is 1360. The second kappa shape index (κ2) is 7.13. The summed E-state index contributed by atoms with van der Waals surface area (Å²) in [5.41, 5.74) is 8.23. The van der Waals surface area contributed by atoms with E-state index in [1.807, 2.05) is 42.5 Å². The van der Waals surface area contributed by atoms with Gasteiger partial charge in [-0.15, -0.1) is 0 Å². The molecule has 0 aliphatic carbocycles. The molecule has 150 valence electrons. The van der Waals surface area contributed by atoms with Gasteiger partial charge in [0.1, 0.15) is 6.10 Å². The van der Waals surface area contributed by atoms with Crippen molar-refractivity contribution in [1.82, 2.24) is 9.97 Å². The third kappa shape index (κ3) is 3.19. The van der Waals surface area contributed by atoms with Crippen molar-refractivity contribution >= 4 is 22.6 Å². The monoisotopic (exact) mass is 405 g/mol. The molecule has 1 unspecified atom stereocenters. The molecule has 0 radical (unpaired) electrons. The molecule has 0 fully saturated rings. The molecule has 4 aromatic rings. The first-order chi connectivity index (χ1) is 15.2. The first-order valence-corrected chi connectivity index (χ1v) is 10.4. The predicted octanol–water partition coefficient (Wildman–Crippen LogP) is 4.36. The summed E-state index contributed by atoms with van der Waals surface area (Å²) in [7, 11) is 0. The van der Waals surface area contributed by atoms with Crippen molar-refractivity contribution in [3.8, 4) is 0 Å². The molecule has 2 aromatic heterocycles. The Morgan fingerprint density at radius 3 is 2.74 bits per heavy atom. The standard InChI is InChI=1S/C26H19N3O2/c30-25-12-18-11-19-15-28-26(17-7-9-27-10-8-17)22(19)14-21(18)24(31-25)13-20-6-5-16-3-1-2-4-23(16)29-20/h1-11,14,24H,12-13,15H2. The van der Waals surface area contributed by atoms with E-state index < -0.39 is 0 Å². The normalized spacial score (nSPS) is 17.1. The Morgan fingerprint density at radius 1 is 0.968 bits per heavy atom. The van der Waals surface area contributed by atoms with Crippen molar-refractivity contribution in [2.75, 3.05) is 0 Å². The Kier molecular flexibility index (Phi) is 4.13. The summed E-state index contributed by atoms with van der Waals surface area (Å²) in [5, 5.41) is 1.10. The summed E-state index contributed by atoms with van der Waals surface area (Å²) in [4.78, 5) is 26.0. The molecule has 0 N–H and O–H groups in total. The molecular formula is C26H19N3O2. The van der Waals surface area contributed by atoms with Crippen LogP contribution < -0.4 is 0 Å². The van der Waals surface area contributed by atoms with E-state index in [0.29, 0.717) is 19.4 Å². The van der Waals surface area contributed by atoms with Gasteiger partial charge in [-0.25, -0.2) is 0 Å². The number of esters is 1. The van der Waals surface area contributed by atoms with Gasteiger partial charge in [0.05, 0.1) is 24.2 Å². The van der Waals surface area contributed by atoms with Gasteiger partial charge in [-0.05, 0) is 47.0 Å². The third-order valence-corrected chi connectivity index (χ3v) is 5.99. The van der Waals surface area contributed by atoms with E-state index in [-0.39, 0.29) is 12.1 Å². The van der Waals surface area contributed by atoms with Crippen LogP contribution in [-0.4, -0.2) is 21.6 Å². The molecule has 0 bridgehead atoms. The zero-order chi connectivity index (χ0) is 20.8. The van der Waals surface area contributed by atoms with E-state index in [0.717, 1.165) is 50.1 Å². The topological polar surface area (TPSA) is 64.4 Å². The third-order valence-electron chi connectivity index (χ3n) is 5.99. The Hall–Kier alpha value is -3.86. The highest BCUT2D eigenvalue weighted by Gasteiger charge is 2.30. The highest BCUT2D eigenvalue weighted by atomic mass is 16.5. The number of carbonyl (C=O) groups excluding carboxylic acids is 1. The van der Waals surface area contributed by atoms with Gasteiger partial charge in [0, 0.05) is 41.0 Å². The maximum absolute atomic E-state index is 12.3. The highest BCUT2D eigenvalue weighted by Crippen LogP contribution is 2.35. The van der Waals surface area contributed by atoms with Crippen molar-refractivity contribution in [1.29, 1.82) is 0 Å². The lowest BCUT2D eigenvalue weighted by Crippen LogP contribution is -2.24. The van der Waals surface area contributed by atoms with Crippen molar-refractivity contribution in [3.63, 3.8) is 0 Å². The summed E-state index contributed by atoms with van der Waals surface area (Å²) < 4.78 is 5.80. The van der Waals surface area contributed by atoms with E-state index in [9.17, 15) is 4.79 Å². The lowest BCUT2D eigenvalue weighted by atomic mass is 9.88. The summed E-state index contributed by atoms with van der Waals surface area (Å²) in [6.45, 7) is 0.631. The number of cyclic esters (lactones) is 1. The van der Waals surface area contributed by atoms with E-state index >= 15 is 0 Å².